The van der Waals surface area contributed by atoms with E-state index in [2.05, 4.69) is 37.4 Å². The van der Waals surface area contributed by atoms with Gasteiger partial charge in [0.2, 0.25) is 5.91 Å². The van der Waals surface area contributed by atoms with Crippen molar-refractivity contribution >= 4 is 5.91 Å². The Hall–Kier alpha value is -1.40. The molecular formula is C21H35N5O. The summed E-state index contributed by atoms with van der Waals surface area (Å²) < 4.78 is 2.39. The molecule has 27 heavy (non-hydrogen) atoms. The number of likely N-dealkylation sites (tertiary alicyclic amines) is 1. The summed E-state index contributed by atoms with van der Waals surface area (Å²) in [7, 11) is 0. The van der Waals surface area contributed by atoms with Crippen molar-refractivity contribution in [2.45, 2.75) is 51.5 Å². The molecule has 0 N–H and O–H groups in total. The van der Waals surface area contributed by atoms with Crippen molar-refractivity contribution in [3.63, 3.8) is 0 Å². The third-order valence-corrected chi connectivity index (χ3v) is 6.91. The highest BCUT2D eigenvalue weighted by molar-refractivity contribution is 5.78. The SMILES string of the molecule is CCN1CCN(CC(=O)N2CCC(c3nccn3CC3CCC3)CC2)CC1. The van der Waals surface area contributed by atoms with Crippen LogP contribution in [0, 0.1) is 5.92 Å². The molecular weight excluding hydrogens is 338 g/mol. The highest BCUT2D eigenvalue weighted by atomic mass is 16.2. The molecule has 0 aromatic carbocycles. The lowest BCUT2D eigenvalue weighted by molar-refractivity contribution is -0.133. The van der Waals surface area contributed by atoms with Crippen LogP contribution in [0.4, 0.5) is 0 Å². The van der Waals surface area contributed by atoms with Gasteiger partial charge in [0.15, 0.2) is 0 Å². The largest absolute Gasteiger partial charge is 0.342 e. The van der Waals surface area contributed by atoms with E-state index in [1.54, 1.807) is 0 Å². The van der Waals surface area contributed by atoms with Crippen molar-refractivity contribution in [3.05, 3.63) is 18.2 Å². The Morgan fingerprint density at radius 1 is 1.04 bits per heavy atom. The molecule has 1 aliphatic carbocycles. The van der Waals surface area contributed by atoms with Gasteiger partial charge < -0.3 is 14.4 Å². The lowest BCUT2D eigenvalue weighted by Gasteiger charge is -2.36. The van der Waals surface area contributed by atoms with Crippen molar-refractivity contribution in [1.29, 1.82) is 0 Å². The molecule has 3 heterocycles. The monoisotopic (exact) mass is 373 g/mol. The minimum Gasteiger partial charge on any atom is -0.342 e. The number of imidazole rings is 1. The number of amides is 1. The van der Waals surface area contributed by atoms with Gasteiger partial charge in [0.1, 0.15) is 5.82 Å². The van der Waals surface area contributed by atoms with Gasteiger partial charge in [0, 0.05) is 64.1 Å². The normalized spacial score (nSPS) is 23.5. The van der Waals surface area contributed by atoms with Gasteiger partial charge in [0.05, 0.1) is 6.54 Å². The van der Waals surface area contributed by atoms with Gasteiger partial charge in [-0.15, -0.1) is 0 Å². The molecule has 2 saturated heterocycles. The maximum atomic E-state index is 12.7. The summed E-state index contributed by atoms with van der Waals surface area (Å²) in [6.07, 6.45) is 10.4. The van der Waals surface area contributed by atoms with Gasteiger partial charge in [-0.25, -0.2) is 4.98 Å². The predicted molar refractivity (Wildman–Crippen MR) is 107 cm³/mol. The van der Waals surface area contributed by atoms with E-state index in [4.69, 9.17) is 0 Å². The average Bonchev–Trinajstić information content (AvgIpc) is 3.14. The Bertz CT molecular complexity index is 610. The van der Waals surface area contributed by atoms with Gasteiger partial charge >= 0.3 is 0 Å². The van der Waals surface area contributed by atoms with Crippen LogP contribution in [0.15, 0.2) is 12.4 Å². The van der Waals surface area contributed by atoms with Crippen LogP contribution in [0.3, 0.4) is 0 Å². The van der Waals surface area contributed by atoms with Crippen molar-refractivity contribution in [3.8, 4) is 0 Å². The topological polar surface area (TPSA) is 44.6 Å². The van der Waals surface area contributed by atoms with Gasteiger partial charge in [-0.2, -0.15) is 0 Å². The molecule has 3 aliphatic rings. The van der Waals surface area contributed by atoms with Crippen LogP contribution in [0.25, 0.3) is 0 Å². The molecule has 6 heteroatoms. The van der Waals surface area contributed by atoms with E-state index in [0.29, 0.717) is 18.4 Å². The summed E-state index contributed by atoms with van der Waals surface area (Å²) in [6, 6.07) is 0. The predicted octanol–water partition coefficient (Wildman–Crippen LogP) is 2.03. The Kier molecular flexibility index (Phi) is 6.13. The number of piperazine rings is 1. The smallest absolute Gasteiger partial charge is 0.236 e. The van der Waals surface area contributed by atoms with E-state index in [0.717, 1.165) is 71.1 Å². The van der Waals surface area contributed by atoms with E-state index < -0.39 is 0 Å². The second kappa shape index (κ2) is 8.74. The highest BCUT2D eigenvalue weighted by Gasteiger charge is 2.28. The Labute approximate surface area is 163 Å². The number of rotatable bonds is 6. The molecule has 1 amide bonds. The molecule has 0 bridgehead atoms. The molecule has 6 nitrogen and oxygen atoms in total. The minimum absolute atomic E-state index is 0.316. The third-order valence-electron chi connectivity index (χ3n) is 6.91. The van der Waals surface area contributed by atoms with Gasteiger partial charge in [-0.1, -0.05) is 13.3 Å². The zero-order valence-electron chi connectivity index (χ0n) is 16.9. The molecule has 150 valence electrons. The Balaban J connectivity index is 1.24. The molecule has 1 aromatic heterocycles. The lowest BCUT2D eigenvalue weighted by atomic mass is 9.85. The quantitative estimate of drug-likeness (QED) is 0.765. The second-order valence-electron chi connectivity index (χ2n) is 8.60. The van der Waals surface area contributed by atoms with Crippen LogP contribution in [0.1, 0.15) is 50.8 Å². The summed E-state index contributed by atoms with van der Waals surface area (Å²) in [6.45, 7) is 11.1. The number of likely N-dealkylation sites (N-methyl/N-ethyl adjacent to an activating group) is 1. The number of carbonyl (C=O) groups excluding carboxylic acids is 1. The average molecular weight is 374 g/mol. The molecule has 0 unspecified atom stereocenters. The zero-order chi connectivity index (χ0) is 18.6. The first-order valence-corrected chi connectivity index (χ1v) is 11.0. The summed E-state index contributed by atoms with van der Waals surface area (Å²) in [5, 5.41) is 0. The number of piperidine rings is 1. The third kappa shape index (κ3) is 4.54. The molecule has 1 saturated carbocycles. The first-order valence-electron chi connectivity index (χ1n) is 11.0. The number of hydrogen-bond donors (Lipinski definition) is 0. The molecule has 4 rings (SSSR count). The first-order chi connectivity index (χ1) is 13.2. The van der Waals surface area contributed by atoms with Crippen molar-refractivity contribution in [2.24, 2.45) is 5.92 Å². The Morgan fingerprint density at radius 3 is 2.37 bits per heavy atom. The van der Waals surface area contributed by atoms with Crippen molar-refractivity contribution in [2.75, 3.05) is 52.4 Å². The van der Waals surface area contributed by atoms with Crippen LogP contribution in [0.2, 0.25) is 0 Å². The molecule has 0 spiro atoms. The summed E-state index contributed by atoms with van der Waals surface area (Å²) in [5.74, 6) is 2.94. The van der Waals surface area contributed by atoms with E-state index in [1.165, 1.54) is 25.1 Å². The fourth-order valence-corrected chi connectivity index (χ4v) is 4.73. The van der Waals surface area contributed by atoms with Crippen LogP contribution in [-0.2, 0) is 11.3 Å². The number of nitrogens with zero attached hydrogens (tertiary/aromatic N) is 5. The summed E-state index contributed by atoms with van der Waals surface area (Å²) in [4.78, 5) is 24.3. The first kappa shape index (κ1) is 18.9. The standard InChI is InChI=1S/C21H35N5O/c1-2-23-12-14-24(15-13-23)17-20(27)25-9-6-19(7-10-25)21-22-8-11-26(21)16-18-4-3-5-18/h8,11,18-19H,2-7,9-10,12-17H2,1H3. The maximum Gasteiger partial charge on any atom is 0.236 e. The van der Waals surface area contributed by atoms with Crippen LogP contribution in [-0.4, -0.2) is 82.5 Å². The van der Waals surface area contributed by atoms with Crippen LogP contribution in [0.5, 0.6) is 0 Å². The van der Waals surface area contributed by atoms with E-state index >= 15 is 0 Å². The summed E-state index contributed by atoms with van der Waals surface area (Å²) >= 11 is 0. The fourth-order valence-electron chi connectivity index (χ4n) is 4.73. The van der Waals surface area contributed by atoms with Crippen LogP contribution < -0.4 is 0 Å². The molecule has 3 fully saturated rings. The number of carbonyl (C=O) groups is 1. The van der Waals surface area contributed by atoms with E-state index in [1.807, 2.05) is 6.20 Å². The minimum atomic E-state index is 0.316. The lowest BCUT2D eigenvalue weighted by Crippen LogP contribution is -2.50. The zero-order valence-corrected chi connectivity index (χ0v) is 16.9. The Morgan fingerprint density at radius 2 is 1.74 bits per heavy atom. The highest BCUT2D eigenvalue weighted by Crippen LogP contribution is 2.31. The number of hydrogen-bond acceptors (Lipinski definition) is 4. The molecule has 2 aliphatic heterocycles. The second-order valence-corrected chi connectivity index (χ2v) is 8.60. The van der Waals surface area contributed by atoms with E-state index in [9.17, 15) is 4.79 Å². The van der Waals surface area contributed by atoms with Gasteiger partial charge in [-0.3, -0.25) is 9.69 Å². The van der Waals surface area contributed by atoms with Gasteiger partial charge in [0.25, 0.3) is 0 Å². The van der Waals surface area contributed by atoms with E-state index in [-0.39, 0.29) is 0 Å². The number of aromatic nitrogens is 2. The van der Waals surface area contributed by atoms with Crippen molar-refractivity contribution in [1.82, 2.24) is 24.3 Å². The fraction of sp³-hybridized carbons (Fsp3) is 0.810. The summed E-state index contributed by atoms with van der Waals surface area (Å²) in [5.41, 5.74) is 0. The molecule has 1 aromatic rings. The maximum absolute atomic E-state index is 12.7. The molecule has 0 radical (unpaired) electrons. The molecule has 0 atom stereocenters. The van der Waals surface area contributed by atoms with Crippen LogP contribution >= 0.6 is 0 Å². The van der Waals surface area contributed by atoms with Crippen molar-refractivity contribution < 1.29 is 4.79 Å². The van der Waals surface area contributed by atoms with Gasteiger partial charge in [-0.05, 0) is 38.1 Å².